The Morgan fingerprint density at radius 1 is 0.923 bits per heavy atom. The molecule has 0 fully saturated rings. The maximum absolute atomic E-state index is 2.16. The number of hydrogen-bond acceptors (Lipinski definition) is 0. The van der Waals surface area contributed by atoms with Crippen molar-refractivity contribution in [1.82, 2.24) is 0 Å². The van der Waals surface area contributed by atoms with Crippen molar-refractivity contribution in [2.45, 2.75) is 6.92 Å². The molecule has 0 unspecified atom stereocenters. The molecule has 0 aromatic heterocycles. The second-order valence-corrected chi connectivity index (χ2v) is 3.16. The Morgan fingerprint density at radius 2 is 1.54 bits per heavy atom. The summed E-state index contributed by atoms with van der Waals surface area (Å²) in [5.74, 6) is 0. The first kappa shape index (κ1) is 8.06. The van der Waals surface area contributed by atoms with E-state index in [4.69, 9.17) is 0 Å². The van der Waals surface area contributed by atoms with E-state index in [9.17, 15) is 0 Å². The predicted molar refractivity (Wildman–Crippen MR) is 57.3 cm³/mol. The minimum Gasteiger partial charge on any atom is -0.0622 e. The van der Waals surface area contributed by atoms with Gasteiger partial charge in [0, 0.05) is 0 Å². The van der Waals surface area contributed by atoms with Crippen LogP contribution in [0.4, 0.5) is 0 Å². The van der Waals surface area contributed by atoms with E-state index >= 15 is 0 Å². The normalized spacial score (nSPS) is 13.8. The molecular weight excluding hydrogens is 156 g/mol. The lowest BCUT2D eigenvalue weighted by molar-refractivity contribution is 1.54. The van der Waals surface area contributed by atoms with Crippen LogP contribution in [0.1, 0.15) is 12.5 Å². The van der Waals surface area contributed by atoms with Crippen LogP contribution in [-0.4, -0.2) is 0 Å². The zero-order valence-corrected chi connectivity index (χ0v) is 7.70. The molecule has 0 aliphatic heterocycles. The summed E-state index contributed by atoms with van der Waals surface area (Å²) in [5, 5.41) is 0. The molecule has 0 radical (unpaired) electrons. The fourth-order valence-corrected chi connectivity index (χ4v) is 1.48. The molecule has 0 heterocycles. The summed E-state index contributed by atoms with van der Waals surface area (Å²) < 4.78 is 0. The highest BCUT2D eigenvalue weighted by atomic mass is 14.0. The highest BCUT2D eigenvalue weighted by Crippen LogP contribution is 2.21. The first-order valence-electron chi connectivity index (χ1n) is 4.49. The molecule has 1 aromatic rings. The zero-order chi connectivity index (χ0) is 9.10. The topological polar surface area (TPSA) is 0 Å². The van der Waals surface area contributed by atoms with Crippen molar-refractivity contribution in [1.29, 1.82) is 0 Å². The average Bonchev–Trinajstić information content (AvgIpc) is 2.71. The molecule has 1 aliphatic rings. The Hall–Kier alpha value is -1.56. The van der Waals surface area contributed by atoms with Crippen LogP contribution in [0, 0.1) is 0 Å². The third-order valence-electron chi connectivity index (χ3n) is 2.30. The molecule has 0 saturated carbocycles. The van der Waals surface area contributed by atoms with Gasteiger partial charge in [-0.25, -0.2) is 0 Å². The third-order valence-corrected chi connectivity index (χ3v) is 2.30. The van der Waals surface area contributed by atoms with E-state index in [0.717, 1.165) is 0 Å². The van der Waals surface area contributed by atoms with Crippen LogP contribution in [0.5, 0.6) is 0 Å². The zero-order valence-electron chi connectivity index (χ0n) is 7.70. The Kier molecular flexibility index (Phi) is 2.13. The molecule has 0 amide bonds. The molecule has 0 N–H and O–H groups in total. The van der Waals surface area contributed by atoms with Gasteiger partial charge in [0.2, 0.25) is 0 Å². The van der Waals surface area contributed by atoms with Crippen molar-refractivity contribution in [3.05, 3.63) is 65.8 Å². The minimum absolute atomic E-state index is 1.30. The van der Waals surface area contributed by atoms with Gasteiger partial charge in [-0.2, -0.15) is 0 Å². The van der Waals surface area contributed by atoms with Crippen molar-refractivity contribution in [3.8, 4) is 0 Å². The fourth-order valence-electron chi connectivity index (χ4n) is 1.48. The smallest absolute Gasteiger partial charge is 0.0221 e. The van der Waals surface area contributed by atoms with E-state index in [2.05, 4.69) is 55.5 Å². The fraction of sp³-hybridized carbons (Fsp3) is 0.0769. The lowest BCUT2D eigenvalue weighted by atomic mass is 10.0. The molecule has 1 aromatic carbocycles. The van der Waals surface area contributed by atoms with Crippen molar-refractivity contribution < 1.29 is 0 Å². The van der Waals surface area contributed by atoms with Crippen LogP contribution < -0.4 is 0 Å². The highest BCUT2D eigenvalue weighted by Gasteiger charge is 2.00. The molecular formula is C13H12. The summed E-state index contributed by atoms with van der Waals surface area (Å²) in [6.45, 7) is 2.16. The average molecular weight is 168 g/mol. The van der Waals surface area contributed by atoms with E-state index in [-0.39, 0.29) is 0 Å². The van der Waals surface area contributed by atoms with Gasteiger partial charge in [0.25, 0.3) is 0 Å². The van der Waals surface area contributed by atoms with E-state index in [0.29, 0.717) is 0 Å². The summed E-state index contributed by atoms with van der Waals surface area (Å²) in [6.07, 6.45) is 8.42. The van der Waals surface area contributed by atoms with E-state index in [1.54, 1.807) is 0 Å². The van der Waals surface area contributed by atoms with Crippen LogP contribution >= 0.6 is 0 Å². The summed E-state index contributed by atoms with van der Waals surface area (Å²) >= 11 is 0. The van der Waals surface area contributed by atoms with Gasteiger partial charge in [0.15, 0.2) is 0 Å². The van der Waals surface area contributed by atoms with Crippen LogP contribution in [0.3, 0.4) is 0 Å². The predicted octanol–water partition coefficient (Wildman–Crippen LogP) is 3.59. The molecule has 0 saturated heterocycles. The SMILES string of the molecule is CC(=C1C=CC=C1)c1ccccc1. The van der Waals surface area contributed by atoms with E-state index < -0.39 is 0 Å². The van der Waals surface area contributed by atoms with Crippen LogP contribution in [0.15, 0.2) is 60.2 Å². The summed E-state index contributed by atoms with van der Waals surface area (Å²) in [4.78, 5) is 0. The van der Waals surface area contributed by atoms with E-state index in [1.165, 1.54) is 16.7 Å². The maximum atomic E-state index is 2.16. The number of hydrogen-bond donors (Lipinski definition) is 0. The lowest BCUT2D eigenvalue weighted by Crippen LogP contribution is -1.81. The quantitative estimate of drug-likeness (QED) is 0.601. The summed E-state index contributed by atoms with van der Waals surface area (Å²) in [7, 11) is 0. The van der Waals surface area contributed by atoms with Crippen LogP contribution in [0.2, 0.25) is 0 Å². The first-order valence-corrected chi connectivity index (χ1v) is 4.49. The first-order chi connectivity index (χ1) is 6.38. The van der Waals surface area contributed by atoms with Crippen molar-refractivity contribution in [2.75, 3.05) is 0 Å². The van der Waals surface area contributed by atoms with Crippen LogP contribution in [0.25, 0.3) is 5.57 Å². The summed E-state index contributed by atoms with van der Waals surface area (Å²) in [6, 6.07) is 10.5. The maximum Gasteiger partial charge on any atom is -0.0221 e. The highest BCUT2D eigenvalue weighted by molar-refractivity contribution is 5.73. The number of rotatable bonds is 1. The molecule has 13 heavy (non-hydrogen) atoms. The number of benzene rings is 1. The van der Waals surface area contributed by atoms with Crippen molar-refractivity contribution in [3.63, 3.8) is 0 Å². The minimum atomic E-state index is 1.30. The van der Waals surface area contributed by atoms with Gasteiger partial charge in [-0.05, 0) is 23.6 Å². The monoisotopic (exact) mass is 168 g/mol. The molecule has 0 atom stereocenters. The Labute approximate surface area is 78.9 Å². The molecule has 0 nitrogen and oxygen atoms in total. The van der Waals surface area contributed by atoms with Gasteiger partial charge >= 0.3 is 0 Å². The Morgan fingerprint density at radius 3 is 2.15 bits per heavy atom. The largest absolute Gasteiger partial charge is 0.0622 e. The molecule has 1 aliphatic carbocycles. The second-order valence-electron chi connectivity index (χ2n) is 3.16. The van der Waals surface area contributed by atoms with E-state index in [1.807, 2.05) is 6.07 Å². The van der Waals surface area contributed by atoms with Gasteiger partial charge in [0.1, 0.15) is 0 Å². The van der Waals surface area contributed by atoms with Gasteiger partial charge < -0.3 is 0 Å². The van der Waals surface area contributed by atoms with Gasteiger partial charge in [0.05, 0.1) is 0 Å². The standard InChI is InChI=1S/C13H12/c1-11(13-9-5-6-10-13)12-7-3-2-4-8-12/h2-10H,1H3. The van der Waals surface area contributed by atoms with Crippen LogP contribution in [-0.2, 0) is 0 Å². The molecule has 0 heteroatoms. The summed E-state index contributed by atoms with van der Waals surface area (Å²) in [5.41, 5.74) is 3.95. The van der Waals surface area contributed by atoms with Gasteiger partial charge in [-0.15, -0.1) is 0 Å². The molecule has 0 spiro atoms. The number of allylic oxidation sites excluding steroid dienone is 6. The van der Waals surface area contributed by atoms with Gasteiger partial charge in [-0.3, -0.25) is 0 Å². The Bertz CT molecular complexity index is 364. The Balaban J connectivity index is 2.43. The molecule has 2 rings (SSSR count). The van der Waals surface area contributed by atoms with Crippen molar-refractivity contribution >= 4 is 5.57 Å². The molecule has 0 bridgehead atoms. The van der Waals surface area contributed by atoms with Crippen molar-refractivity contribution in [2.24, 2.45) is 0 Å². The lowest BCUT2D eigenvalue weighted by Gasteiger charge is -2.02. The van der Waals surface area contributed by atoms with Gasteiger partial charge in [-0.1, -0.05) is 54.6 Å². The molecule has 64 valence electrons. The second kappa shape index (κ2) is 3.44. The third kappa shape index (κ3) is 1.62.